The fourth-order valence-electron chi connectivity index (χ4n) is 0.524. The second-order valence-corrected chi connectivity index (χ2v) is 2.22. The smallest absolute Gasteiger partial charge is 0.330 e. The zero-order chi connectivity index (χ0) is 12.7. The molecule has 11 heteroatoms. The van der Waals surface area contributed by atoms with Crippen molar-refractivity contribution in [2.75, 3.05) is 0 Å². The van der Waals surface area contributed by atoms with Crippen molar-refractivity contribution in [1.29, 1.82) is 0 Å². The lowest BCUT2D eigenvalue weighted by atomic mass is 10.8. The number of rotatable bonds is 0. The van der Waals surface area contributed by atoms with Crippen LogP contribution >= 0.6 is 0 Å². The van der Waals surface area contributed by atoms with E-state index >= 15 is 0 Å². The van der Waals surface area contributed by atoms with Gasteiger partial charge in [-0.2, -0.15) is 0 Å². The number of carbonyl (C=O) groups is 5. The predicted octanol–water partition coefficient (Wildman–Crippen LogP) is -2.14. The van der Waals surface area contributed by atoms with Crippen LogP contribution in [0.25, 0.3) is 0 Å². The van der Waals surface area contributed by atoms with Crippen molar-refractivity contribution in [3.05, 3.63) is 0 Å². The number of urea groups is 5. The molecule has 0 aliphatic rings. The van der Waals surface area contributed by atoms with Gasteiger partial charge in [-0.3, -0.25) is 21.3 Å². The number of nitrogens with one attached hydrogen (secondary N) is 4. The number of imide groups is 4. The third-order valence-corrected chi connectivity index (χ3v) is 0.928. The van der Waals surface area contributed by atoms with Gasteiger partial charge in [0.2, 0.25) is 0 Å². The van der Waals surface area contributed by atoms with Crippen molar-refractivity contribution in [3.8, 4) is 0 Å². The molecule has 0 bridgehead atoms. The average molecular weight is 232 g/mol. The van der Waals surface area contributed by atoms with Crippen LogP contribution < -0.4 is 32.7 Å². The van der Waals surface area contributed by atoms with Crippen molar-refractivity contribution in [1.82, 2.24) is 21.3 Å². The van der Waals surface area contributed by atoms with Crippen LogP contribution in [0.3, 0.4) is 0 Å². The summed E-state index contributed by atoms with van der Waals surface area (Å²) >= 11 is 0. The molecule has 0 spiro atoms. The first kappa shape index (κ1) is 13.1. The molecule has 0 unspecified atom stereocenters. The van der Waals surface area contributed by atoms with Crippen LogP contribution in [0.4, 0.5) is 24.0 Å². The van der Waals surface area contributed by atoms with E-state index in [1.165, 1.54) is 21.3 Å². The molecule has 0 fully saturated rings. The van der Waals surface area contributed by atoms with E-state index < -0.39 is 30.2 Å². The van der Waals surface area contributed by atoms with Crippen LogP contribution in [-0.4, -0.2) is 30.2 Å². The van der Waals surface area contributed by atoms with Gasteiger partial charge in [0.15, 0.2) is 0 Å². The Hall–Kier alpha value is -2.85. The predicted molar refractivity (Wildman–Crippen MR) is 47.9 cm³/mol. The minimum atomic E-state index is -1.28. The van der Waals surface area contributed by atoms with Gasteiger partial charge in [0.1, 0.15) is 0 Å². The van der Waals surface area contributed by atoms with Crippen molar-refractivity contribution in [2.45, 2.75) is 0 Å². The zero-order valence-corrected chi connectivity index (χ0v) is 7.70. The number of nitrogens with two attached hydrogens (primary N) is 2. The maximum absolute atomic E-state index is 10.8. The van der Waals surface area contributed by atoms with Gasteiger partial charge in [0.25, 0.3) is 0 Å². The summed E-state index contributed by atoms with van der Waals surface area (Å²) in [6, 6.07) is -6.13. The Morgan fingerprint density at radius 3 is 1.06 bits per heavy atom. The standard InChI is InChI=1S/C5H8N6O5/c6-1(12)8-3(14)10-5(16)11-4(15)9-2(7)13/h(H8,6,7,8,9,10,11,12,13,14,15,16). The quantitative estimate of drug-likeness (QED) is 0.277. The molecule has 0 aliphatic heterocycles. The van der Waals surface area contributed by atoms with Gasteiger partial charge in [-0.15, -0.1) is 0 Å². The van der Waals surface area contributed by atoms with E-state index in [1.807, 2.05) is 0 Å². The van der Waals surface area contributed by atoms with Gasteiger partial charge in [-0.05, 0) is 0 Å². The lowest BCUT2D eigenvalue weighted by Gasteiger charge is -2.04. The van der Waals surface area contributed by atoms with Crippen LogP contribution in [0.5, 0.6) is 0 Å². The fraction of sp³-hybridized carbons (Fsp3) is 0. The monoisotopic (exact) mass is 232 g/mol. The molecular weight excluding hydrogens is 224 g/mol. The summed E-state index contributed by atoms with van der Waals surface area (Å²) < 4.78 is 0. The van der Waals surface area contributed by atoms with Gasteiger partial charge in [-0.25, -0.2) is 24.0 Å². The maximum Gasteiger partial charge on any atom is 0.330 e. The zero-order valence-electron chi connectivity index (χ0n) is 7.70. The molecule has 11 nitrogen and oxygen atoms in total. The molecule has 0 aromatic carbocycles. The third-order valence-electron chi connectivity index (χ3n) is 0.928. The van der Waals surface area contributed by atoms with Gasteiger partial charge < -0.3 is 11.5 Å². The first-order chi connectivity index (χ1) is 7.31. The molecule has 16 heavy (non-hydrogen) atoms. The lowest BCUT2D eigenvalue weighted by molar-refractivity contribution is 0.220. The third kappa shape index (κ3) is 6.64. The summed E-state index contributed by atoms with van der Waals surface area (Å²) in [6.07, 6.45) is 0. The molecule has 0 aromatic heterocycles. The van der Waals surface area contributed by atoms with Crippen LogP contribution in [0.1, 0.15) is 0 Å². The highest BCUT2D eigenvalue weighted by atomic mass is 16.2. The SMILES string of the molecule is NC(=O)NC(=O)NC(=O)NC(=O)NC(N)=O. The largest absolute Gasteiger partial charge is 0.351 e. The minimum absolute atomic E-state index is 1.19. The van der Waals surface area contributed by atoms with Crippen molar-refractivity contribution >= 4 is 30.2 Å². The molecule has 0 aromatic rings. The molecule has 0 atom stereocenters. The van der Waals surface area contributed by atoms with E-state index in [0.29, 0.717) is 0 Å². The first-order valence-electron chi connectivity index (χ1n) is 3.60. The topological polar surface area (TPSA) is 186 Å². The summed E-state index contributed by atoms with van der Waals surface area (Å²) in [4.78, 5) is 52.4. The van der Waals surface area contributed by atoms with Gasteiger partial charge in [-0.1, -0.05) is 0 Å². The normalized spacial score (nSPS) is 8.50. The van der Waals surface area contributed by atoms with Crippen LogP contribution in [0, 0.1) is 0 Å². The van der Waals surface area contributed by atoms with Crippen molar-refractivity contribution in [3.63, 3.8) is 0 Å². The lowest BCUT2D eigenvalue weighted by Crippen LogP contribution is -2.52. The summed E-state index contributed by atoms with van der Waals surface area (Å²) in [5, 5.41) is 5.99. The van der Waals surface area contributed by atoms with E-state index in [1.54, 1.807) is 0 Å². The average Bonchev–Trinajstić information content (AvgIpc) is 1.97. The second-order valence-electron chi connectivity index (χ2n) is 2.22. The van der Waals surface area contributed by atoms with Gasteiger partial charge in [0, 0.05) is 0 Å². The Bertz CT molecular complexity index is 319. The Balaban J connectivity index is 3.99. The number of amides is 10. The fourth-order valence-corrected chi connectivity index (χ4v) is 0.524. The molecule has 0 aliphatic carbocycles. The number of hydrogen-bond acceptors (Lipinski definition) is 5. The van der Waals surface area contributed by atoms with Crippen molar-refractivity contribution in [2.24, 2.45) is 11.5 Å². The number of hydrogen-bond donors (Lipinski definition) is 6. The van der Waals surface area contributed by atoms with Crippen LogP contribution in [0.2, 0.25) is 0 Å². The van der Waals surface area contributed by atoms with Crippen molar-refractivity contribution < 1.29 is 24.0 Å². The molecule has 8 N–H and O–H groups in total. The summed E-state index contributed by atoms with van der Waals surface area (Å²) in [7, 11) is 0. The van der Waals surface area contributed by atoms with E-state index in [-0.39, 0.29) is 0 Å². The van der Waals surface area contributed by atoms with Gasteiger partial charge >= 0.3 is 30.2 Å². The van der Waals surface area contributed by atoms with E-state index in [2.05, 4.69) is 11.5 Å². The summed E-state index contributed by atoms with van der Waals surface area (Å²) in [6.45, 7) is 0. The van der Waals surface area contributed by atoms with Crippen LogP contribution in [0.15, 0.2) is 0 Å². The number of carbonyl (C=O) groups excluding carboxylic acids is 5. The first-order valence-corrected chi connectivity index (χ1v) is 3.60. The second kappa shape index (κ2) is 5.79. The molecule has 0 heterocycles. The van der Waals surface area contributed by atoms with Gasteiger partial charge in [0.05, 0.1) is 0 Å². The Labute approximate surface area is 87.9 Å². The molecule has 10 amide bonds. The molecule has 0 saturated heterocycles. The molecule has 88 valence electrons. The highest BCUT2D eigenvalue weighted by Gasteiger charge is 2.12. The summed E-state index contributed by atoms with van der Waals surface area (Å²) in [5.41, 5.74) is 9.11. The highest BCUT2D eigenvalue weighted by Crippen LogP contribution is 1.70. The molecular formula is C5H8N6O5. The van der Waals surface area contributed by atoms with Crippen LogP contribution in [-0.2, 0) is 0 Å². The highest BCUT2D eigenvalue weighted by molar-refractivity contribution is 6.06. The Morgan fingerprint density at radius 1 is 0.562 bits per heavy atom. The molecule has 0 radical (unpaired) electrons. The number of primary amides is 2. The molecule has 0 saturated carbocycles. The minimum Gasteiger partial charge on any atom is -0.351 e. The van der Waals surface area contributed by atoms with E-state index in [9.17, 15) is 24.0 Å². The Morgan fingerprint density at radius 2 is 0.812 bits per heavy atom. The Kier molecular flexibility index (Phi) is 4.76. The van der Waals surface area contributed by atoms with E-state index in [4.69, 9.17) is 0 Å². The molecule has 0 rings (SSSR count). The maximum atomic E-state index is 10.8. The summed E-state index contributed by atoms with van der Waals surface area (Å²) in [5.74, 6) is 0. The van der Waals surface area contributed by atoms with E-state index in [0.717, 1.165) is 0 Å².